The minimum absolute atomic E-state index is 0.237. The highest BCUT2D eigenvalue weighted by Crippen LogP contribution is 2.54. The third-order valence-electron chi connectivity index (χ3n) is 7.30. The first-order valence-electron chi connectivity index (χ1n) is 12.4. The van der Waals surface area contributed by atoms with Crippen LogP contribution in [-0.4, -0.2) is 6.71 Å². The van der Waals surface area contributed by atoms with Crippen LogP contribution < -0.4 is 5.46 Å². The van der Waals surface area contributed by atoms with E-state index in [1.54, 1.807) is 0 Å². The first kappa shape index (κ1) is 21.4. The molecule has 0 saturated heterocycles. The van der Waals surface area contributed by atoms with Crippen molar-refractivity contribution in [2.45, 2.75) is 11.6 Å². The lowest BCUT2D eigenvalue weighted by atomic mass is 9.30. The Balaban J connectivity index is 1.72. The topological polar surface area (TPSA) is 0 Å². The van der Waals surface area contributed by atoms with E-state index >= 15 is 0 Å². The van der Waals surface area contributed by atoms with Gasteiger partial charge in [0.05, 0.1) is 0 Å². The molecule has 2 atom stereocenters. The molecular weight excluding hydrogens is 419 g/mol. The van der Waals surface area contributed by atoms with Gasteiger partial charge >= 0.3 is 0 Å². The fourth-order valence-electron chi connectivity index (χ4n) is 5.92. The molecule has 166 valence electrons. The summed E-state index contributed by atoms with van der Waals surface area (Å²) in [4.78, 5) is 0. The minimum Gasteiger partial charge on any atom is -0.0780 e. The summed E-state index contributed by atoms with van der Waals surface area (Å²) in [6.45, 7) is 0.284. The average molecular weight is 446 g/mol. The van der Waals surface area contributed by atoms with Crippen LogP contribution in [0.15, 0.2) is 152 Å². The summed E-state index contributed by atoms with van der Waals surface area (Å²) in [6.07, 6.45) is 0. The number of hydrogen-bond acceptors (Lipinski definition) is 0. The zero-order valence-electron chi connectivity index (χ0n) is 19.7. The van der Waals surface area contributed by atoms with E-state index < -0.39 is 0 Å². The summed E-state index contributed by atoms with van der Waals surface area (Å²) >= 11 is 0. The van der Waals surface area contributed by atoms with Crippen molar-refractivity contribution in [3.63, 3.8) is 0 Å². The van der Waals surface area contributed by atoms with Crippen molar-refractivity contribution < 1.29 is 0 Å². The second-order valence-corrected chi connectivity index (χ2v) is 9.27. The molecule has 5 aromatic carbocycles. The zero-order chi connectivity index (χ0) is 23.5. The van der Waals surface area contributed by atoms with Gasteiger partial charge in [0.2, 0.25) is 6.71 Å². The molecule has 0 radical (unpaired) electrons. The molecule has 1 heteroatoms. The molecule has 1 aliphatic heterocycles. The van der Waals surface area contributed by atoms with E-state index in [1.165, 1.54) is 38.9 Å². The van der Waals surface area contributed by atoms with Crippen LogP contribution >= 0.6 is 0 Å². The Labute approximate surface area is 208 Å². The SMILES string of the molecule is c1ccc(B2[C@@H](c3ccccc3)C(c3ccccc3)=C(c3ccccc3)[C@H]2c2ccccc2)cc1. The van der Waals surface area contributed by atoms with Crippen LogP contribution in [0, 0.1) is 0 Å². The van der Waals surface area contributed by atoms with Gasteiger partial charge < -0.3 is 0 Å². The Bertz CT molecular complexity index is 1320. The normalized spacial score (nSPS) is 17.5. The molecule has 0 amide bonds. The van der Waals surface area contributed by atoms with Crippen molar-refractivity contribution in [3.8, 4) is 0 Å². The van der Waals surface area contributed by atoms with Gasteiger partial charge in [0.15, 0.2) is 0 Å². The summed E-state index contributed by atoms with van der Waals surface area (Å²) in [6, 6.07) is 55.3. The Morgan fingerprint density at radius 1 is 0.343 bits per heavy atom. The van der Waals surface area contributed by atoms with E-state index in [4.69, 9.17) is 0 Å². The van der Waals surface area contributed by atoms with Gasteiger partial charge in [-0.2, -0.15) is 0 Å². The zero-order valence-corrected chi connectivity index (χ0v) is 19.7. The summed E-state index contributed by atoms with van der Waals surface area (Å²) < 4.78 is 0. The smallest absolute Gasteiger partial charge is 0.0780 e. The van der Waals surface area contributed by atoms with E-state index in [2.05, 4.69) is 152 Å². The summed E-state index contributed by atoms with van der Waals surface area (Å²) in [5, 5.41) is 0. The second-order valence-electron chi connectivity index (χ2n) is 9.27. The van der Waals surface area contributed by atoms with Crippen molar-refractivity contribution in [2.24, 2.45) is 0 Å². The van der Waals surface area contributed by atoms with Crippen LogP contribution in [0.25, 0.3) is 11.1 Å². The number of benzene rings is 5. The van der Waals surface area contributed by atoms with Gasteiger partial charge in [0.1, 0.15) is 0 Å². The predicted molar refractivity (Wildman–Crippen MR) is 150 cm³/mol. The van der Waals surface area contributed by atoms with Gasteiger partial charge in [-0.05, 0) is 45.0 Å². The van der Waals surface area contributed by atoms with Crippen molar-refractivity contribution in [1.82, 2.24) is 0 Å². The quantitative estimate of drug-likeness (QED) is 0.243. The molecule has 0 nitrogen and oxygen atoms in total. The maximum Gasteiger partial charge on any atom is 0.200 e. The monoisotopic (exact) mass is 446 g/mol. The molecule has 0 fully saturated rings. The molecular formula is C34H27B. The minimum atomic E-state index is 0.237. The van der Waals surface area contributed by atoms with E-state index in [9.17, 15) is 0 Å². The lowest BCUT2D eigenvalue weighted by Gasteiger charge is -2.26. The molecule has 35 heavy (non-hydrogen) atoms. The molecule has 0 N–H and O–H groups in total. The molecule has 6 rings (SSSR count). The third-order valence-corrected chi connectivity index (χ3v) is 7.30. The first-order chi connectivity index (χ1) is 17.4. The lowest BCUT2D eigenvalue weighted by molar-refractivity contribution is 1.16. The van der Waals surface area contributed by atoms with Crippen molar-refractivity contribution in [2.75, 3.05) is 0 Å². The standard InChI is InChI=1S/C34H27B/c1-6-16-26(17-7-1)31-32(27-18-8-2-9-19-27)34(29-22-12-4-13-23-29)35(30-24-14-5-15-25-30)33(31)28-20-10-3-11-21-28/h1-25,33-34H/t33-,34+. The third kappa shape index (κ3) is 4.04. The molecule has 5 aromatic rings. The predicted octanol–water partition coefficient (Wildman–Crippen LogP) is 7.66. The molecule has 0 bridgehead atoms. The van der Waals surface area contributed by atoms with Crippen LogP contribution in [0.1, 0.15) is 33.9 Å². The summed E-state index contributed by atoms with van der Waals surface area (Å²) in [5.74, 6) is 0.475. The van der Waals surface area contributed by atoms with Gasteiger partial charge in [-0.3, -0.25) is 0 Å². The van der Waals surface area contributed by atoms with E-state index in [-0.39, 0.29) is 18.3 Å². The van der Waals surface area contributed by atoms with Crippen LogP contribution in [-0.2, 0) is 0 Å². The van der Waals surface area contributed by atoms with E-state index in [1.807, 2.05) is 0 Å². The van der Waals surface area contributed by atoms with E-state index in [0.29, 0.717) is 0 Å². The van der Waals surface area contributed by atoms with Crippen LogP contribution in [0.4, 0.5) is 0 Å². The molecule has 0 unspecified atom stereocenters. The van der Waals surface area contributed by atoms with Gasteiger partial charge in [-0.15, -0.1) is 0 Å². The highest BCUT2D eigenvalue weighted by atomic mass is 14.3. The highest BCUT2D eigenvalue weighted by Gasteiger charge is 2.48. The Morgan fingerprint density at radius 2 is 0.657 bits per heavy atom. The van der Waals surface area contributed by atoms with Crippen LogP contribution in [0.3, 0.4) is 0 Å². The number of hydrogen-bond donors (Lipinski definition) is 0. The lowest BCUT2D eigenvalue weighted by Crippen LogP contribution is -2.39. The van der Waals surface area contributed by atoms with Crippen LogP contribution in [0.2, 0.25) is 0 Å². The highest BCUT2D eigenvalue weighted by molar-refractivity contribution is 6.81. The Morgan fingerprint density at radius 3 is 1.03 bits per heavy atom. The number of allylic oxidation sites excluding steroid dienone is 2. The summed E-state index contributed by atoms with van der Waals surface area (Å²) in [7, 11) is 0. The molecule has 0 spiro atoms. The van der Waals surface area contributed by atoms with E-state index in [0.717, 1.165) is 0 Å². The van der Waals surface area contributed by atoms with Crippen molar-refractivity contribution in [1.29, 1.82) is 0 Å². The maximum absolute atomic E-state index is 2.31. The van der Waals surface area contributed by atoms with Crippen molar-refractivity contribution in [3.05, 3.63) is 174 Å². The van der Waals surface area contributed by atoms with Gasteiger partial charge in [-0.25, -0.2) is 0 Å². The fourth-order valence-corrected chi connectivity index (χ4v) is 5.92. The molecule has 0 aliphatic carbocycles. The molecule has 0 saturated carbocycles. The van der Waals surface area contributed by atoms with Gasteiger partial charge in [-0.1, -0.05) is 157 Å². The fraction of sp³-hybridized carbons (Fsp3) is 0.0588. The Kier molecular flexibility index (Phi) is 5.91. The largest absolute Gasteiger partial charge is 0.200 e. The average Bonchev–Trinajstić information content (AvgIpc) is 3.32. The van der Waals surface area contributed by atoms with Gasteiger partial charge in [0, 0.05) is 0 Å². The van der Waals surface area contributed by atoms with Crippen molar-refractivity contribution >= 4 is 23.3 Å². The van der Waals surface area contributed by atoms with Crippen LogP contribution in [0.5, 0.6) is 0 Å². The molecule has 1 aliphatic rings. The second kappa shape index (κ2) is 9.64. The maximum atomic E-state index is 2.31. The first-order valence-corrected chi connectivity index (χ1v) is 12.4. The Hall–Kier alpha value is -4.10. The molecule has 1 heterocycles. The molecule has 0 aromatic heterocycles. The summed E-state index contributed by atoms with van der Waals surface area (Å²) in [5.41, 5.74) is 9.60. The number of rotatable bonds is 5. The van der Waals surface area contributed by atoms with Gasteiger partial charge in [0.25, 0.3) is 0 Å².